The van der Waals surface area contributed by atoms with Gasteiger partial charge in [0.05, 0.1) is 24.7 Å². The summed E-state index contributed by atoms with van der Waals surface area (Å²) in [5.41, 5.74) is -0.314. The molecule has 0 bridgehead atoms. The molecule has 3 N–H and O–H groups in total. The molecule has 1 atom stereocenters. The van der Waals surface area contributed by atoms with E-state index in [1.165, 1.54) is 29.0 Å². The van der Waals surface area contributed by atoms with Crippen molar-refractivity contribution in [3.8, 4) is 0 Å². The summed E-state index contributed by atoms with van der Waals surface area (Å²) < 4.78 is 58.2. The number of methoxy groups -OCH3 is 1. The summed E-state index contributed by atoms with van der Waals surface area (Å²) in [5.74, 6) is -1.36. The normalized spacial score (nSPS) is 14.2. The molecule has 0 saturated carbocycles. The van der Waals surface area contributed by atoms with Crippen molar-refractivity contribution in [3.05, 3.63) is 70.2 Å². The van der Waals surface area contributed by atoms with Crippen LogP contribution in [0.4, 0.5) is 28.0 Å². The Morgan fingerprint density at radius 3 is 2.66 bits per heavy atom. The van der Waals surface area contributed by atoms with Gasteiger partial charge in [0.1, 0.15) is 23.4 Å². The molecule has 11 nitrogen and oxygen atoms in total. The van der Waals surface area contributed by atoms with Crippen LogP contribution in [-0.4, -0.2) is 69.8 Å². The zero-order chi connectivity index (χ0) is 31.9. The van der Waals surface area contributed by atoms with Crippen LogP contribution < -0.4 is 16.2 Å². The molecule has 1 fully saturated rings. The Morgan fingerprint density at radius 2 is 1.95 bits per heavy atom. The first-order valence-corrected chi connectivity index (χ1v) is 14.0. The number of imidazole rings is 1. The second kappa shape index (κ2) is 14.2. The van der Waals surface area contributed by atoms with Crippen molar-refractivity contribution >= 4 is 34.6 Å². The molecule has 15 heteroatoms. The van der Waals surface area contributed by atoms with Gasteiger partial charge < -0.3 is 29.8 Å². The first-order chi connectivity index (χ1) is 20.9. The van der Waals surface area contributed by atoms with Crippen LogP contribution in [0.5, 0.6) is 0 Å². The lowest BCUT2D eigenvalue weighted by molar-refractivity contribution is -0.134. The number of alkyl carbamates (subject to hydrolysis) is 1. The monoisotopic (exact) mass is 620 g/mol. The van der Waals surface area contributed by atoms with Gasteiger partial charge in [-0.3, -0.25) is 14.4 Å². The molecule has 0 unspecified atom stereocenters. The van der Waals surface area contributed by atoms with E-state index in [1.54, 1.807) is 11.0 Å². The number of carbonyl (C=O) groups is 3. The Labute approximate surface area is 249 Å². The van der Waals surface area contributed by atoms with E-state index in [0.29, 0.717) is 13.1 Å². The lowest BCUT2D eigenvalue weighted by Crippen LogP contribution is -2.44. The van der Waals surface area contributed by atoms with Crippen LogP contribution in [0.3, 0.4) is 0 Å². The van der Waals surface area contributed by atoms with Crippen molar-refractivity contribution in [3.63, 3.8) is 0 Å². The third kappa shape index (κ3) is 8.67. The highest BCUT2D eigenvalue weighted by atomic mass is 19.4. The van der Waals surface area contributed by atoms with E-state index < -0.39 is 48.4 Å². The number of ether oxygens (including phenoxy) is 1. The number of anilines is 1. The molecule has 0 radical (unpaired) electrons. The van der Waals surface area contributed by atoms with E-state index in [9.17, 15) is 36.7 Å². The molecule has 1 aliphatic rings. The molecule has 44 heavy (non-hydrogen) atoms. The van der Waals surface area contributed by atoms with Gasteiger partial charge in [-0.25, -0.2) is 14.2 Å². The largest absolute Gasteiger partial charge is 0.453 e. The fourth-order valence-electron chi connectivity index (χ4n) is 4.84. The fraction of sp³-hybridized carbons (Fsp3) is 0.414. The number of hydrogen-bond donors (Lipinski definition) is 3. The average molecular weight is 621 g/mol. The predicted molar refractivity (Wildman–Crippen MR) is 152 cm³/mol. The highest BCUT2D eigenvalue weighted by Gasteiger charge is 2.27. The molecule has 1 saturated heterocycles. The smallest absolute Gasteiger partial charge is 0.407 e. The number of aromatic nitrogens is 3. The number of carbonyl (C=O) groups excluding carboxylic acids is 3. The maximum absolute atomic E-state index is 14.1. The van der Waals surface area contributed by atoms with Gasteiger partial charge in [-0.05, 0) is 68.0 Å². The number of H-pyrrole nitrogens is 1. The minimum atomic E-state index is -4.43. The van der Waals surface area contributed by atoms with Gasteiger partial charge in [-0.1, -0.05) is 6.08 Å². The summed E-state index contributed by atoms with van der Waals surface area (Å²) in [7, 11) is 1.14. The highest BCUT2D eigenvalue weighted by Crippen LogP contribution is 2.26. The molecule has 1 aliphatic heterocycles. The third-order valence-electron chi connectivity index (χ3n) is 7.05. The SMILES string of the molecule is COC(=O)N[C@@H](CC/C=C/C(=O)N1CCCC1)C(=O)Nc1cccn(Cc2nc3c(CCC(F)(F)F)cc(F)cc3[nH]2)c1=O. The number of nitrogens with zero attached hydrogens (tertiary/aromatic N) is 3. The predicted octanol–water partition coefficient (Wildman–Crippen LogP) is 4.03. The molecular weight excluding hydrogens is 588 g/mol. The van der Waals surface area contributed by atoms with Crippen molar-refractivity contribution in [2.45, 2.75) is 57.3 Å². The van der Waals surface area contributed by atoms with E-state index in [4.69, 9.17) is 0 Å². The van der Waals surface area contributed by atoms with E-state index in [1.807, 2.05) is 0 Å². The Bertz CT molecular complexity index is 1590. The molecule has 3 amide bonds. The zero-order valence-electron chi connectivity index (χ0n) is 23.9. The van der Waals surface area contributed by atoms with Crippen molar-refractivity contribution in [2.75, 3.05) is 25.5 Å². The topological polar surface area (TPSA) is 138 Å². The van der Waals surface area contributed by atoms with E-state index in [2.05, 4.69) is 25.3 Å². The summed E-state index contributed by atoms with van der Waals surface area (Å²) in [6, 6.07) is 3.87. The quantitative estimate of drug-likeness (QED) is 0.219. The summed E-state index contributed by atoms with van der Waals surface area (Å²) in [6.07, 6.45) is -0.133. The van der Waals surface area contributed by atoms with Crippen LogP contribution in [0, 0.1) is 5.82 Å². The first kappa shape index (κ1) is 32.2. The second-order valence-corrected chi connectivity index (χ2v) is 10.3. The number of nitrogens with one attached hydrogen (secondary N) is 3. The lowest BCUT2D eigenvalue weighted by Gasteiger charge is -2.17. The van der Waals surface area contributed by atoms with Crippen LogP contribution in [0.25, 0.3) is 11.0 Å². The number of likely N-dealkylation sites (tertiary alicyclic amines) is 1. The summed E-state index contributed by atoms with van der Waals surface area (Å²) in [4.78, 5) is 59.2. The van der Waals surface area contributed by atoms with Crippen LogP contribution in [0.15, 0.2) is 47.4 Å². The number of hydrogen-bond acceptors (Lipinski definition) is 6. The number of halogens is 4. The molecule has 1 aromatic carbocycles. The van der Waals surface area contributed by atoms with Gasteiger partial charge in [0.15, 0.2) is 0 Å². The first-order valence-electron chi connectivity index (χ1n) is 14.0. The lowest BCUT2D eigenvalue weighted by atomic mass is 10.1. The molecule has 3 heterocycles. The minimum absolute atomic E-state index is 0.0765. The number of aromatic amines is 1. The highest BCUT2D eigenvalue weighted by molar-refractivity contribution is 5.96. The maximum Gasteiger partial charge on any atom is 0.407 e. The third-order valence-corrected chi connectivity index (χ3v) is 7.05. The zero-order valence-corrected chi connectivity index (χ0v) is 23.9. The number of allylic oxidation sites excluding steroid dienone is 1. The van der Waals surface area contributed by atoms with Gasteiger partial charge in [-0.15, -0.1) is 0 Å². The van der Waals surface area contributed by atoms with Gasteiger partial charge >= 0.3 is 12.3 Å². The van der Waals surface area contributed by atoms with Crippen LogP contribution in [-0.2, 0) is 27.3 Å². The van der Waals surface area contributed by atoms with Crippen molar-refractivity contribution in [1.82, 2.24) is 24.8 Å². The standard InChI is InChI=1S/C29H32F4N6O5/c1-44-28(43)36-20(7-2-3-9-24(40)38-12-4-5-13-38)26(41)35-21-8-6-14-39(27(21)42)17-23-34-22-16-19(30)15-18(25(22)37-23)10-11-29(31,32)33/h3,6,8-9,14-16,20H,2,4-5,7,10-13,17H2,1H3,(H,34,37)(H,35,41)(H,36,43)/b9-3+/t20-/m0/s1. The number of aryl methyl sites for hydroxylation is 1. The Kier molecular flexibility index (Phi) is 10.4. The molecule has 2 aromatic heterocycles. The summed E-state index contributed by atoms with van der Waals surface area (Å²) in [5, 5.41) is 4.93. The number of amides is 3. The molecular formula is C29H32F4N6O5. The van der Waals surface area contributed by atoms with Gasteiger partial charge in [0.2, 0.25) is 11.8 Å². The number of rotatable bonds is 11. The van der Waals surface area contributed by atoms with Crippen LogP contribution >= 0.6 is 0 Å². The fourth-order valence-corrected chi connectivity index (χ4v) is 4.84. The molecule has 0 aliphatic carbocycles. The molecule has 236 valence electrons. The van der Waals surface area contributed by atoms with Gasteiger partial charge in [-0.2, -0.15) is 13.2 Å². The number of fused-ring (bicyclic) bond motifs is 1. The van der Waals surface area contributed by atoms with Crippen LogP contribution in [0.2, 0.25) is 0 Å². The van der Waals surface area contributed by atoms with Gasteiger partial charge in [0.25, 0.3) is 5.56 Å². The number of alkyl halides is 3. The van der Waals surface area contributed by atoms with Crippen molar-refractivity contribution in [2.24, 2.45) is 0 Å². The van der Waals surface area contributed by atoms with Crippen molar-refractivity contribution < 1.29 is 36.7 Å². The molecule has 0 spiro atoms. The Morgan fingerprint density at radius 1 is 1.20 bits per heavy atom. The van der Waals surface area contributed by atoms with Gasteiger partial charge in [0, 0.05) is 25.7 Å². The molecule has 3 aromatic rings. The number of benzene rings is 1. The van der Waals surface area contributed by atoms with E-state index >= 15 is 0 Å². The van der Waals surface area contributed by atoms with Crippen molar-refractivity contribution in [1.29, 1.82) is 0 Å². The summed E-state index contributed by atoms with van der Waals surface area (Å²) in [6.45, 7) is 1.24. The Hall–Kier alpha value is -4.69. The van der Waals surface area contributed by atoms with E-state index in [0.717, 1.165) is 32.1 Å². The second-order valence-electron chi connectivity index (χ2n) is 10.3. The average Bonchev–Trinajstić information content (AvgIpc) is 3.65. The summed E-state index contributed by atoms with van der Waals surface area (Å²) >= 11 is 0. The Balaban J connectivity index is 1.46. The number of pyridine rings is 1. The molecule has 4 rings (SSSR count). The maximum atomic E-state index is 14.1. The van der Waals surface area contributed by atoms with E-state index in [-0.39, 0.29) is 53.4 Å². The minimum Gasteiger partial charge on any atom is -0.453 e. The van der Waals surface area contributed by atoms with Crippen LogP contribution in [0.1, 0.15) is 43.5 Å².